The maximum absolute atomic E-state index is 6.27. The van der Waals surface area contributed by atoms with E-state index in [1.165, 1.54) is 25.7 Å². The molecule has 5 nitrogen and oxygen atoms in total. The fourth-order valence-electron chi connectivity index (χ4n) is 2.97. The van der Waals surface area contributed by atoms with Crippen LogP contribution in [0.3, 0.4) is 0 Å². The van der Waals surface area contributed by atoms with E-state index in [2.05, 4.69) is 22.4 Å². The number of aromatic nitrogens is 4. The lowest BCUT2D eigenvalue weighted by Gasteiger charge is -2.23. The summed E-state index contributed by atoms with van der Waals surface area (Å²) >= 11 is 6.27. The van der Waals surface area contributed by atoms with Crippen molar-refractivity contribution in [1.29, 1.82) is 0 Å². The highest BCUT2D eigenvalue weighted by molar-refractivity contribution is 6.35. The van der Waals surface area contributed by atoms with E-state index in [0.29, 0.717) is 16.5 Å². The summed E-state index contributed by atoms with van der Waals surface area (Å²) in [6.45, 7) is 3.12. The Bertz CT molecular complexity index is 616. The maximum Gasteiger partial charge on any atom is 0.183 e. The molecule has 1 saturated carbocycles. The van der Waals surface area contributed by atoms with E-state index >= 15 is 0 Å². The largest absolute Gasteiger partial charge is 0.398 e. The van der Waals surface area contributed by atoms with E-state index in [-0.39, 0.29) is 5.41 Å². The van der Waals surface area contributed by atoms with Crippen molar-refractivity contribution in [2.24, 2.45) is 5.41 Å². The van der Waals surface area contributed by atoms with Crippen LogP contribution < -0.4 is 5.73 Å². The number of nitrogens with two attached hydrogens (primary N) is 1. The number of benzene rings is 1. The third-order valence-electron chi connectivity index (χ3n) is 4.14. The fourth-order valence-corrected chi connectivity index (χ4v) is 3.19. The SMILES string of the molecule is CC1(Cn2nnnc2-c2cccc(N)c2Cl)CCCC1. The number of hydrogen-bond donors (Lipinski definition) is 1. The predicted octanol–water partition coefficient (Wildman–Crippen LogP) is 3.16. The summed E-state index contributed by atoms with van der Waals surface area (Å²) in [6, 6.07) is 5.54. The van der Waals surface area contributed by atoms with Crippen molar-refractivity contribution in [3.05, 3.63) is 23.2 Å². The Morgan fingerprint density at radius 3 is 2.85 bits per heavy atom. The van der Waals surface area contributed by atoms with Crippen molar-refractivity contribution >= 4 is 17.3 Å². The molecular weight excluding hydrogens is 274 g/mol. The molecule has 1 aliphatic carbocycles. The first kappa shape index (κ1) is 13.4. The van der Waals surface area contributed by atoms with Crippen molar-refractivity contribution < 1.29 is 0 Å². The molecule has 2 N–H and O–H groups in total. The zero-order valence-electron chi connectivity index (χ0n) is 11.5. The molecule has 3 rings (SSSR count). The normalized spacial score (nSPS) is 17.5. The third kappa shape index (κ3) is 2.38. The second kappa shape index (κ2) is 5.05. The van der Waals surface area contributed by atoms with Crippen LogP contribution in [0.5, 0.6) is 0 Å². The highest BCUT2D eigenvalue weighted by Gasteiger charge is 2.30. The second-order valence-electron chi connectivity index (χ2n) is 5.89. The minimum absolute atomic E-state index is 0.275. The lowest BCUT2D eigenvalue weighted by molar-refractivity contribution is 0.267. The number of tetrazole rings is 1. The van der Waals surface area contributed by atoms with Gasteiger partial charge in [-0.2, -0.15) is 0 Å². The summed E-state index contributed by atoms with van der Waals surface area (Å²) < 4.78 is 1.85. The van der Waals surface area contributed by atoms with Crippen LogP contribution in [0.2, 0.25) is 5.02 Å². The number of nitrogen functional groups attached to an aromatic ring is 1. The van der Waals surface area contributed by atoms with Gasteiger partial charge >= 0.3 is 0 Å². The molecule has 1 aliphatic rings. The summed E-state index contributed by atoms with van der Waals surface area (Å²) in [4.78, 5) is 0. The molecule has 0 unspecified atom stereocenters. The molecule has 1 aromatic heterocycles. The van der Waals surface area contributed by atoms with Gasteiger partial charge < -0.3 is 5.73 Å². The van der Waals surface area contributed by atoms with Crippen molar-refractivity contribution in [3.8, 4) is 11.4 Å². The fraction of sp³-hybridized carbons (Fsp3) is 0.500. The average Bonchev–Trinajstić information content (AvgIpc) is 3.03. The molecule has 0 atom stereocenters. The number of anilines is 1. The van der Waals surface area contributed by atoms with Crippen LogP contribution in [-0.4, -0.2) is 20.2 Å². The van der Waals surface area contributed by atoms with Gasteiger partial charge in [-0.3, -0.25) is 0 Å². The van der Waals surface area contributed by atoms with E-state index in [0.717, 1.165) is 12.1 Å². The van der Waals surface area contributed by atoms with Gasteiger partial charge in [0.2, 0.25) is 0 Å². The lowest BCUT2D eigenvalue weighted by Crippen LogP contribution is -2.21. The van der Waals surface area contributed by atoms with E-state index in [1.807, 2.05) is 16.8 Å². The summed E-state index contributed by atoms with van der Waals surface area (Å²) in [5.74, 6) is 0.690. The number of nitrogens with zero attached hydrogens (tertiary/aromatic N) is 4. The Balaban J connectivity index is 1.96. The van der Waals surface area contributed by atoms with Gasteiger partial charge in [-0.15, -0.1) is 5.10 Å². The smallest absolute Gasteiger partial charge is 0.183 e. The van der Waals surface area contributed by atoms with Gasteiger partial charge in [0.25, 0.3) is 0 Å². The monoisotopic (exact) mass is 291 g/mol. The van der Waals surface area contributed by atoms with Gasteiger partial charge in [-0.05, 0) is 40.8 Å². The highest BCUT2D eigenvalue weighted by atomic mass is 35.5. The van der Waals surface area contributed by atoms with E-state index in [1.54, 1.807) is 6.07 Å². The molecule has 0 amide bonds. The van der Waals surface area contributed by atoms with Gasteiger partial charge in [0.05, 0.1) is 17.3 Å². The van der Waals surface area contributed by atoms with Crippen LogP contribution >= 0.6 is 11.6 Å². The van der Waals surface area contributed by atoms with Gasteiger partial charge in [0.1, 0.15) is 0 Å². The Morgan fingerprint density at radius 1 is 1.35 bits per heavy atom. The summed E-state index contributed by atoms with van der Waals surface area (Å²) in [6.07, 6.45) is 5.01. The first-order valence-corrected chi connectivity index (χ1v) is 7.27. The zero-order valence-corrected chi connectivity index (χ0v) is 12.3. The van der Waals surface area contributed by atoms with Crippen LogP contribution in [0.1, 0.15) is 32.6 Å². The van der Waals surface area contributed by atoms with Gasteiger partial charge in [0.15, 0.2) is 5.82 Å². The molecule has 1 heterocycles. The number of hydrogen-bond acceptors (Lipinski definition) is 4. The molecule has 2 aromatic rings. The second-order valence-corrected chi connectivity index (χ2v) is 6.26. The first-order valence-electron chi connectivity index (χ1n) is 6.90. The maximum atomic E-state index is 6.27. The Kier molecular flexibility index (Phi) is 3.38. The highest BCUT2D eigenvalue weighted by Crippen LogP contribution is 2.40. The van der Waals surface area contributed by atoms with Crippen LogP contribution in [-0.2, 0) is 6.54 Å². The molecule has 0 spiro atoms. The molecule has 0 saturated heterocycles. The Labute approximate surface area is 123 Å². The van der Waals surface area contributed by atoms with Crippen molar-refractivity contribution in [2.75, 3.05) is 5.73 Å². The van der Waals surface area contributed by atoms with Crippen LogP contribution in [0, 0.1) is 5.41 Å². The standard InChI is InChI=1S/C14H18ClN5/c1-14(7-2-3-8-14)9-20-13(17-18-19-20)10-5-4-6-11(16)12(10)15/h4-6H,2-3,7-9,16H2,1H3. The zero-order chi connectivity index (χ0) is 14.2. The predicted molar refractivity (Wildman–Crippen MR) is 79.3 cm³/mol. The molecule has 0 bridgehead atoms. The minimum Gasteiger partial charge on any atom is -0.398 e. The molecule has 0 radical (unpaired) electrons. The van der Waals surface area contributed by atoms with Gasteiger partial charge in [-0.25, -0.2) is 4.68 Å². The van der Waals surface area contributed by atoms with Crippen molar-refractivity contribution in [2.45, 2.75) is 39.2 Å². The molecule has 1 fully saturated rings. The molecule has 20 heavy (non-hydrogen) atoms. The van der Waals surface area contributed by atoms with E-state index in [4.69, 9.17) is 17.3 Å². The summed E-state index contributed by atoms with van der Waals surface area (Å²) in [7, 11) is 0. The molecule has 6 heteroatoms. The van der Waals surface area contributed by atoms with Crippen molar-refractivity contribution in [1.82, 2.24) is 20.2 Å². The Morgan fingerprint density at radius 2 is 2.10 bits per heavy atom. The van der Waals surface area contributed by atoms with E-state index < -0.39 is 0 Å². The van der Waals surface area contributed by atoms with E-state index in [9.17, 15) is 0 Å². The molecule has 0 aliphatic heterocycles. The molecule has 106 valence electrons. The van der Waals surface area contributed by atoms with Crippen LogP contribution in [0.15, 0.2) is 18.2 Å². The number of halogens is 1. The lowest BCUT2D eigenvalue weighted by atomic mass is 9.89. The van der Waals surface area contributed by atoms with Crippen molar-refractivity contribution in [3.63, 3.8) is 0 Å². The topological polar surface area (TPSA) is 69.6 Å². The average molecular weight is 292 g/mol. The summed E-state index contributed by atoms with van der Waals surface area (Å²) in [5.41, 5.74) is 7.47. The third-order valence-corrected chi connectivity index (χ3v) is 4.57. The molecular formula is C14H18ClN5. The summed E-state index contributed by atoms with van der Waals surface area (Å²) in [5, 5.41) is 12.6. The van der Waals surface area contributed by atoms with Crippen LogP contribution in [0.25, 0.3) is 11.4 Å². The quantitative estimate of drug-likeness (QED) is 0.882. The van der Waals surface area contributed by atoms with Gasteiger partial charge in [-0.1, -0.05) is 37.4 Å². The Hall–Kier alpha value is -1.62. The minimum atomic E-state index is 0.275. The van der Waals surface area contributed by atoms with Crippen LogP contribution in [0.4, 0.5) is 5.69 Å². The van der Waals surface area contributed by atoms with Gasteiger partial charge in [0, 0.05) is 5.56 Å². The first-order chi connectivity index (χ1) is 9.59. The number of rotatable bonds is 3. The molecule has 1 aromatic carbocycles.